The van der Waals surface area contributed by atoms with Crippen molar-refractivity contribution in [3.63, 3.8) is 0 Å². The monoisotopic (exact) mass is 382 g/mol. The summed E-state index contributed by atoms with van der Waals surface area (Å²) >= 11 is 11.1. The number of nitrogens with two attached hydrogens (primary N) is 1. The first kappa shape index (κ1) is 16.0. The lowest BCUT2D eigenvalue weighted by Gasteiger charge is -2.09. The molecule has 0 unspecified atom stereocenters. The van der Waals surface area contributed by atoms with Crippen molar-refractivity contribution in [1.82, 2.24) is 9.97 Å². The summed E-state index contributed by atoms with van der Waals surface area (Å²) in [5.41, 5.74) is 7.34. The number of rotatable bonds is 4. The molecule has 0 atom stereocenters. The van der Waals surface area contributed by atoms with Crippen molar-refractivity contribution in [3.8, 4) is 0 Å². The molecule has 0 spiro atoms. The zero-order valence-electron chi connectivity index (χ0n) is 11.1. The fraction of sp³-hybridized carbons (Fsp3) is 0.0714. The van der Waals surface area contributed by atoms with Gasteiger partial charge in [0.25, 0.3) is 0 Å². The smallest absolute Gasteiger partial charge is 0.124 e. The van der Waals surface area contributed by atoms with E-state index in [9.17, 15) is 0 Å². The SMILES string of the molecule is CN=CC=C(N)c1cccc(Sc2cnc(Br)cn2)c1Cl. The van der Waals surface area contributed by atoms with Crippen LogP contribution in [0.25, 0.3) is 5.70 Å². The molecule has 7 heteroatoms. The van der Waals surface area contributed by atoms with Crippen LogP contribution < -0.4 is 5.73 Å². The molecule has 1 heterocycles. The van der Waals surface area contributed by atoms with Gasteiger partial charge in [-0.05, 0) is 28.1 Å². The highest BCUT2D eigenvalue weighted by atomic mass is 79.9. The van der Waals surface area contributed by atoms with E-state index in [1.165, 1.54) is 11.8 Å². The Morgan fingerprint density at radius 3 is 2.86 bits per heavy atom. The van der Waals surface area contributed by atoms with E-state index in [1.807, 2.05) is 18.2 Å². The summed E-state index contributed by atoms with van der Waals surface area (Å²) in [6, 6.07) is 5.69. The van der Waals surface area contributed by atoms with E-state index >= 15 is 0 Å². The zero-order chi connectivity index (χ0) is 15.2. The van der Waals surface area contributed by atoms with Crippen LogP contribution in [0.15, 0.2) is 56.2 Å². The normalized spacial score (nSPS) is 12.0. The topological polar surface area (TPSA) is 64.2 Å². The number of halogens is 2. The van der Waals surface area contributed by atoms with Crippen LogP contribution in [-0.2, 0) is 0 Å². The molecule has 0 fully saturated rings. The second kappa shape index (κ2) is 7.59. The molecule has 0 saturated heterocycles. The lowest BCUT2D eigenvalue weighted by molar-refractivity contribution is 1.03. The maximum Gasteiger partial charge on any atom is 0.124 e. The molecule has 0 amide bonds. The molecule has 0 saturated carbocycles. The summed E-state index contributed by atoms with van der Waals surface area (Å²) in [6.45, 7) is 0. The third kappa shape index (κ3) is 4.30. The van der Waals surface area contributed by atoms with Crippen molar-refractivity contribution in [2.75, 3.05) is 7.05 Å². The number of aromatic nitrogens is 2. The molecule has 108 valence electrons. The maximum absolute atomic E-state index is 6.42. The fourth-order valence-corrected chi connectivity index (χ4v) is 2.86. The van der Waals surface area contributed by atoms with E-state index in [2.05, 4.69) is 30.9 Å². The first-order chi connectivity index (χ1) is 10.1. The summed E-state index contributed by atoms with van der Waals surface area (Å²) in [5, 5.41) is 1.35. The third-order valence-corrected chi connectivity index (χ3v) is 4.40. The standard InChI is InChI=1S/C14H12BrClN4S/c1-18-6-5-10(17)9-3-2-4-11(14(9)16)21-13-8-19-12(15)7-20-13/h2-8H,17H2,1H3. The minimum atomic E-state index is 0.565. The van der Waals surface area contributed by atoms with Crippen LogP contribution in [0.1, 0.15) is 5.56 Å². The van der Waals surface area contributed by atoms with Gasteiger partial charge in [-0.3, -0.25) is 4.99 Å². The van der Waals surface area contributed by atoms with Crippen molar-refractivity contribution >= 4 is 51.2 Å². The van der Waals surface area contributed by atoms with Crippen molar-refractivity contribution in [1.29, 1.82) is 0 Å². The van der Waals surface area contributed by atoms with Crippen LogP contribution >= 0.6 is 39.3 Å². The molecule has 21 heavy (non-hydrogen) atoms. The van der Waals surface area contributed by atoms with Gasteiger partial charge in [0, 0.05) is 29.4 Å². The molecule has 1 aromatic carbocycles. The van der Waals surface area contributed by atoms with E-state index in [4.69, 9.17) is 17.3 Å². The number of hydrogen-bond donors (Lipinski definition) is 1. The molecule has 0 aliphatic carbocycles. The van der Waals surface area contributed by atoms with Crippen molar-refractivity contribution in [2.45, 2.75) is 9.92 Å². The Bertz CT molecular complexity index is 686. The van der Waals surface area contributed by atoms with Gasteiger partial charge in [0.15, 0.2) is 0 Å². The molecule has 0 bridgehead atoms. The summed E-state index contributed by atoms with van der Waals surface area (Å²) in [5.74, 6) is 0. The Morgan fingerprint density at radius 1 is 1.38 bits per heavy atom. The maximum atomic E-state index is 6.42. The molecule has 1 aromatic heterocycles. The zero-order valence-corrected chi connectivity index (χ0v) is 14.3. The van der Waals surface area contributed by atoms with Crippen LogP contribution in [-0.4, -0.2) is 23.2 Å². The number of allylic oxidation sites excluding steroid dienone is 1. The van der Waals surface area contributed by atoms with Crippen LogP contribution in [0, 0.1) is 0 Å². The molecule has 0 radical (unpaired) electrons. The molecule has 2 N–H and O–H groups in total. The predicted octanol–water partition coefficient (Wildman–Crippen LogP) is 4.04. The minimum absolute atomic E-state index is 0.565. The first-order valence-electron chi connectivity index (χ1n) is 5.94. The average molecular weight is 384 g/mol. The van der Waals surface area contributed by atoms with Crippen molar-refractivity contribution in [2.24, 2.45) is 10.7 Å². The number of benzene rings is 1. The van der Waals surface area contributed by atoms with Gasteiger partial charge < -0.3 is 5.73 Å². The summed E-state index contributed by atoms with van der Waals surface area (Å²) < 4.78 is 0.692. The molecule has 2 aromatic rings. The van der Waals surface area contributed by atoms with Gasteiger partial charge in [-0.2, -0.15) is 0 Å². The molecule has 0 aliphatic heterocycles. The Labute approximate surface area is 140 Å². The van der Waals surface area contributed by atoms with E-state index in [0.717, 1.165) is 15.5 Å². The van der Waals surface area contributed by atoms with Gasteiger partial charge in [-0.25, -0.2) is 9.97 Å². The van der Waals surface area contributed by atoms with Gasteiger partial charge in [0.1, 0.15) is 9.63 Å². The average Bonchev–Trinajstić information content (AvgIpc) is 2.49. The van der Waals surface area contributed by atoms with Gasteiger partial charge in [-0.1, -0.05) is 35.5 Å². The van der Waals surface area contributed by atoms with Crippen molar-refractivity contribution < 1.29 is 0 Å². The number of aliphatic imine (C=N–C) groups is 1. The predicted molar refractivity (Wildman–Crippen MR) is 91.9 cm³/mol. The van der Waals surface area contributed by atoms with E-state index in [1.54, 1.807) is 31.7 Å². The lowest BCUT2D eigenvalue weighted by Crippen LogP contribution is -1.98. The number of nitrogens with zero attached hydrogens (tertiary/aromatic N) is 3. The summed E-state index contributed by atoms with van der Waals surface area (Å²) in [4.78, 5) is 13.2. The molecular weight excluding hydrogens is 372 g/mol. The highest BCUT2D eigenvalue weighted by Crippen LogP contribution is 2.35. The van der Waals surface area contributed by atoms with E-state index in [-0.39, 0.29) is 0 Å². The van der Waals surface area contributed by atoms with Crippen LogP contribution in [0.4, 0.5) is 0 Å². The molecule has 0 aliphatic rings. The molecular formula is C14H12BrClN4S. The highest BCUT2D eigenvalue weighted by molar-refractivity contribution is 9.10. The van der Waals surface area contributed by atoms with Crippen LogP contribution in [0.2, 0.25) is 5.02 Å². The van der Waals surface area contributed by atoms with Gasteiger partial charge >= 0.3 is 0 Å². The molecule has 4 nitrogen and oxygen atoms in total. The Morgan fingerprint density at radius 2 is 2.19 bits per heavy atom. The molecule has 2 rings (SSSR count). The van der Waals surface area contributed by atoms with Gasteiger partial charge in [0.2, 0.25) is 0 Å². The Kier molecular flexibility index (Phi) is 5.78. The Hall–Kier alpha value is -1.37. The van der Waals surface area contributed by atoms with Gasteiger partial charge in [0.05, 0.1) is 17.4 Å². The largest absolute Gasteiger partial charge is 0.398 e. The lowest BCUT2D eigenvalue weighted by atomic mass is 10.1. The number of hydrogen-bond acceptors (Lipinski definition) is 5. The van der Waals surface area contributed by atoms with Crippen molar-refractivity contribution in [3.05, 3.63) is 51.9 Å². The second-order valence-electron chi connectivity index (χ2n) is 3.93. The summed E-state index contributed by atoms with van der Waals surface area (Å²) in [6.07, 6.45) is 6.67. The second-order valence-corrected chi connectivity index (χ2v) is 6.18. The van der Waals surface area contributed by atoms with Crippen LogP contribution in [0.3, 0.4) is 0 Å². The quantitative estimate of drug-likeness (QED) is 0.809. The first-order valence-corrected chi connectivity index (χ1v) is 7.92. The minimum Gasteiger partial charge on any atom is -0.398 e. The Balaban J connectivity index is 2.31. The van der Waals surface area contributed by atoms with E-state index < -0.39 is 0 Å². The fourth-order valence-electron chi connectivity index (χ4n) is 1.52. The third-order valence-electron chi connectivity index (χ3n) is 2.49. The summed E-state index contributed by atoms with van der Waals surface area (Å²) in [7, 11) is 1.68. The van der Waals surface area contributed by atoms with Crippen LogP contribution in [0.5, 0.6) is 0 Å². The van der Waals surface area contributed by atoms with Gasteiger partial charge in [-0.15, -0.1) is 0 Å². The highest BCUT2D eigenvalue weighted by Gasteiger charge is 2.10. The van der Waals surface area contributed by atoms with E-state index in [0.29, 0.717) is 15.3 Å².